The van der Waals surface area contributed by atoms with Gasteiger partial charge in [0, 0.05) is 6.42 Å². The molecule has 2 heteroatoms. The SMILES string of the molecule is Brc1cc2c(o1)CCC2. The molecule has 1 aromatic rings. The fourth-order valence-electron chi connectivity index (χ4n) is 1.29. The number of fused-ring (bicyclic) bond motifs is 1. The topological polar surface area (TPSA) is 13.1 Å². The summed E-state index contributed by atoms with van der Waals surface area (Å²) in [4.78, 5) is 0. The Morgan fingerprint density at radius 2 is 2.33 bits per heavy atom. The molecule has 2 rings (SSSR count). The summed E-state index contributed by atoms with van der Waals surface area (Å²) in [7, 11) is 0. The van der Waals surface area contributed by atoms with Crippen LogP contribution in [-0.4, -0.2) is 0 Å². The molecule has 0 spiro atoms. The zero-order valence-electron chi connectivity index (χ0n) is 4.98. The van der Waals surface area contributed by atoms with Gasteiger partial charge in [-0.3, -0.25) is 0 Å². The molecule has 1 nitrogen and oxygen atoms in total. The van der Waals surface area contributed by atoms with Crippen molar-refractivity contribution in [3.8, 4) is 0 Å². The number of hydrogen-bond acceptors (Lipinski definition) is 1. The number of hydrogen-bond donors (Lipinski definition) is 0. The van der Waals surface area contributed by atoms with Crippen LogP contribution in [0, 0.1) is 0 Å². The van der Waals surface area contributed by atoms with E-state index in [0.29, 0.717) is 0 Å². The van der Waals surface area contributed by atoms with Gasteiger partial charge in [-0.2, -0.15) is 0 Å². The van der Waals surface area contributed by atoms with Crippen molar-refractivity contribution in [1.82, 2.24) is 0 Å². The van der Waals surface area contributed by atoms with E-state index in [1.54, 1.807) is 0 Å². The maximum atomic E-state index is 5.34. The minimum atomic E-state index is 0.882. The van der Waals surface area contributed by atoms with Crippen LogP contribution in [0.2, 0.25) is 0 Å². The second-order valence-electron chi connectivity index (χ2n) is 2.35. The first-order valence-electron chi connectivity index (χ1n) is 3.13. The molecule has 0 fully saturated rings. The molecular formula is C7H7BrO. The summed E-state index contributed by atoms with van der Waals surface area (Å²) in [5.74, 6) is 1.18. The zero-order valence-corrected chi connectivity index (χ0v) is 6.57. The van der Waals surface area contributed by atoms with Crippen LogP contribution in [0.25, 0.3) is 0 Å². The minimum absolute atomic E-state index is 0.882. The molecule has 0 saturated heterocycles. The molecule has 1 aliphatic rings. The Balaban J connectivity index is 2.51. The number of aryl methyl sites for hydroxylation is 2. The van der Waals surface area contributed by atoms with Crippen molar-refractivity contribution >= 4 is 15.9 Å². The molecule has 0 aliphatic heterocycles. The Bertz CT molecular complexity index is 205. The lowest BCUT2D eigenvalue weighted by Crippen LogP contribution is -1.67. The van der Waals surface area contributed by atoms with Crippen molar-refractivity contribution < 1.29 is 4.42 Å². The van der Waals surface area contributed by atoms with E-state index in [-0.39, 0.29) is 0 Å². The molecular weight excluding hydrogens is 180 g/mol. The summed E-state index contributed by atoms with van der Waals surface area (Å²) in [6, 6.07) is 2.07. The summed E-state index contributed by atoms with van der Waals surface area (Å²) >= 11 is 3.29. The number of rotatable bonds is 0. The van der Waals surface area contributed by atoms with Crippen LogP contribution in [0.4, 0.5) is 0 Å². The minimum Gasteiger partial charge on any atom is -0.454 e. The average Bonchev–Trinajstić information content (AvgIpc) is 2.22. The van der Waals surface area contributed by atoms with Crippen LogP contribution in [0.15, 0.2) is 15.2 Å². The second-order valence-corrected chi connectivity index (χ2v) is 3.13. The highest BCUT2D eigenvalue weighted by atomic mass is 79.9. The van der Waals surface area contributed by atoms with Gasteiger partial charge in [-0.15, -0.1) is 0 Å². The third-order valence-electron chi connectivity index (χ3n) is 1.72. The molecule has 0 amide bonds. The van der Waals surface area contributed by atoms with E-state index in [1.165, 1.54) is 24.2 Å². The van der Waals surface area contributed by atoms with Gasteiger partial charge < -0.3 is 4.42 Å². The lowest BCUT2D eigenvalue weighted by atomic mass is 10.3. The molecule has 1 heterocycles. The molecule has 0 unspecified atom stereocenters. The number of halogens is 1. The fraction of sp³-hybridized carbons (Fsp3) is 0.429. The molecule has 0 N–H and O–H groups in total. The van der Waals surface area contributed by atoms with Crippen LogP contribution in [0.5, 0.6) is 0 Å². The van der Waals surface area contributed by atoms with Crippen LogP contribution < -0.4 is 0 Å². The monoisotopic (exact) mass is 186 g/mol. The van der Waals surface area contributed by atoms with Crippen molar-refractivity contribution in [2.45, 2.75) is 19.3 Å². The standard InChI is InChI=1S/C7H7BrO/c8-7-4-5-2-1-3-6(5)9-7/h4H,1-3H2. The van der Waals surface area contributed by atoms with Crippen molar-refractivity contribution in [2.24, 2.45) is 0 Å². The smallest absolute Gasteiger partial charge is 0.169 e. The Morgan fingerprint density at radius 3 is 3.11 bits per heavy atom. The largest absolute Gasteiger partial charge is 0.454 e. The first kappa shape index (κ1) is 5.54. The highest BCUT2D eigenvalue weighted by molar-refractivity contribution is 9.10. The van der Waals surface area contributed by atoms with Crippen LogP contribution in [0.1, 0.15) is 17.7 Å². The predicted octanol–water partition coefficient (Wildman–Crippen LogP) is 2.53. The summed E-state index contributed by atoms with van der Waals surface area (Å²) in [6.45, 7) is 0. The molecule has 0 radical (unpaired) electrons. The summed E-state index contributed by atoms with van der Waals surface area (Å²) in [5.41, 5.74) is 1.39. The average molecular weight is 187 g/mol. The Labute approximate surface area is 62.2 Å². The van der Waals surface area contributed by atoms with Crippen molar-refractivity contribution in [1.29, 1.82) is 0 Å². The third kappa shape index (κ3) is 0.816. The van der Waals surface area contributed by atoms with Gasteiger partial charge in [-0.05, 0) is 40.4 Å². The zero-order chi connectivity index (χ0) is 6.27. The van der Waals surface area contributed by atoms with Gasteiger partial charge in [-0.1, -0.05) is 0 Å². The van der Waals surface area contributed by atoms with Crippen molar-refractivity contribution in [3.63, 3.8) is 0 Å². The maximum Gasteiger partial charge on any atom is 0.169 e. The lowest BCUT2D eigenvalue weighted by Gasteiger charge is -1.81. The Kier molecular flexibility index (Phi) is 1.15. The van der Waals surface area contributed by atoms with E-state index >= 15 is 0 Å². The number of furan rings is 1. The van der Waals surface area contributed by atoms with E-state index in [0.717, 1.165) is 11.1 Å². The molecule has 0 saturated carbocycles. The van der Waals surface area contributed by atoms with E-state index in [2.05, 4.69) is 22.0 Å². The molecule has 48 valence electrons. The van der Waals surface area contributed by atoms with E-state index in [9.17, 15) is 0 Å². The molecule has 9 heavy (non-hydrogen) atoms. The van der Waals surface area contributed by atoms with Crippen molar-refractivity contribution in [3.05, 3.63) is 22.1 Å². The van der Waals surface area contributed by atoms with Gasteiger partial charge in [0.1, 0.15) is 5.76 Å². The third-order valence-corrected chi connectivity index (χ3v) is 2.11. The summed E-state index contributed by atoms with van der Waals surface area (Å²) in [5, 5.41) is 0. The molecule has 0 bridgehead atoms. The van der Waals surface area contributed by atoms with Gasteiger partial charge >= 0.3 is 0 Å². The van der Waals surface area contributed by atoms with Gasteiger partial charge in [0.05, 0.1) is 0 Å². The normalized spacial score (nSPS) is 16.1. The van der Waals surface area contributed by atoms with Crippen LogP contribution in [0.3, 0.4) is 0 Å². The molecule has 0 aromatic carbocycles. The van der Waals surface area contributed by atoms with Gasteiger partial charge in [0.15, 0.2) is 4.67 Å². The van der Waals surface area contributed by atoms with Crippen LogP contribution in [-0.2, 0) is 12.8 Å². The fourth-order valence-corrected chi connectivity index (χ4v) is 1.76. The maximum absolute atomic E-state index is 5.34. The molecule has 1 aromatic heterocycles. The van der Waals surface area contributed by atoms with E-state index in [4.69, 9.17) is 4.42 Å². The predicted molar refractivity (Wildman–Crippen MR) is 38.4 cm³/mol. The lowest BCUT2D eigenvalue weighted by molar-refractivity contribution is 0.493. The van der Waals surface area contributed by atoms with Crippen LogP contribution >= 0.6 is 15.9 Å². The quantitative estimate of drug-likeness (QED) is 0.608. The highest BCUT2D eigenvalue weighted by Gasteiger charge is 2.14. The Morgan fingerprint density at radius 1 is 1.44 bits per heavy atom. The van der Waals surface area contributed by atoms with Crippen molar-refractivity contribution in [2.75, 3.05) is 0 Å². The van der Waals surface area contributed by atoms with Gasteiger partial charge in [0.2, 0.25) is 0 Å². The summed E-state index contributed by atoms with van der Waals surface area (Å²) in [6.07, 6.45) is 3.59. The highest BCUT2D eigenvalue weighted by Crippen LogP contribution is 2.27. The van der Waals surface area contributed by atoms with E-state index in [1.807, 2.05) is 0 Å². The first-order chi connectivity index (χ1) is 4.36. The molecule has 1 aliphatic carbocycles. The Hall–Kier alpha value is -0.240. The molecule has 0 atom stereocenters. The summed E-state index contributed by atoms with van der Waals surface area (Å²) < 4.78 is 6.22. The van der Waals surface area contributed by atoms with Gasteiger partial charge in [0.25, 0.3) is 0 Å². The van der Waals surface area contributed by atoms with Gasteiger partial charge in [-0.25, -0.2) is 0 Å². The van der Waals surface area contributed by atoms with E-state index < -0.39 is 0 Å². The first-order valence-corrected chi connectivity index (χ1v) is 3.92. The second kappa shape index (κ2) is 1.87.